The predicted molar refractivity (Wildman–Crippen MR) is 83.1 cm³/mol. The Morgan fingerprint density at radius 2 is 1.95 bits per heavy atom. The number of halogens is 2. The van der Waals surface area contributed by atoms with Crippen molar-refractivity contribution in [2.75, 3.05) is 10.5 Å². The number of benzene rings is 1. The number of hydrogen-bond acceptors (Lipinski definition) is 5. The minimum atomic E-state index is -3.83. The second-order valence-electron chi connectivity index (χ2n) is 4.16. The Bertz CT molecular complexity index is 761. The lowest BCUT2D eigenvalue weighted by Gasteiger charge is -2.10. The molecule has 9 heteroatoms. The molecule has 0 radical (unpaired) electrons. The molecule has 0 aliphatic rings. The molecular formula is C12H12Cl2N4O2S. The molecule has 6 nitrogen and oxygen atoms in total. The molecule has 3 N–H and O–H groups in total. The van der Waals surface area contributed by atoms with Gasteiger partial charge in [-0.25, -0.2) is 13.4 Å². The van der Waals surface area contributed by atoms with E-state index in [1.165, 1.54) is 18.2 Å². The topological polar surface area (TPSA) is 98.0 Å². The number of nitrogens with zero attached hydrogens (tertiary/aromatic N) is 2. The second-order valence-corrected chi connectivity index (χ2v) is 6.57. The van der Waals surface area contributed by atoms with Gasteiger partial charge < -0.3 is 5.73 Å². The Labute approximate surface area is 132 Å². The number of anilines is 2. The van der Waals surface area contributed by atoms with Gasteiger partial charge in [0.05, 0.1) is 4.90 Å². The first-order valence-corrected chi connectivity index (χ1v) is 8.17. The lowest BCUT2D eigenvalue weighted by molar-refractivity contribution is 0.601. The Balaban J connectivity index is 2.36. The van der Waals surface area contributed by atoms with E-state index in [1.54, 1.807) is 6.07 Å². The van der Waals surface area contributed by atoms with Gasteiger partial charge in [0.2, 0.25) is 5.28 Å². The van der Waals surface area contributed by atoms with Crippen LogP contribution in [0.5, 0.6) is 0 Å². The standard InChI is InChI=1S/C12H12Cl2N4O2S/c1-2-7-3-4-8(5-9(7)15)21(19,20)18-11-6-10(13)16-12(14)17-11/h3-6H,2,15H2,1H3,(H,16,17,18). The Hall–Kier alpha value is -1.57. The van der Waals surface area contributed by atoms with Crippen LogP contribution in [0.25, 0.3) is 0 Å². The van der Waals surface area contributed by atoms with Gasteiger partial charge in [-0.2, -0.15) is 4.98 Å². The highest BCUT2D eigenvalue weighted by molar-refractivity contribution is 7.92. The van der Waals surface area contributed by atoms with Crippen LogP contribution in [-0.4, -0.2) is 18.4 Å². The van der Waals surface area contributed by atoms with Crippen molar-refractivity contribution >= 4 is 44.7 Å². The van der Waals surface area contributed by atoms with Crippen LogP contribution in [0.3, 0.4) is 0 Å². The van der Waals surface area contributed by atoms with Gasteiger partial charge >= 0.3 is 0 Å². The van der Waals surface area contributed by atoms with E-state index in [0.29, 0.717) is 5.69 Å². The lowest BCUT2D eigenvalue weighted by Crippen LogP contribution is -2.14. The van der Waals surface area contributed by atoms with E-state index >= 15 is 0 Å². The van der Waals surface area contributed by atoms with E-state index in [-0.39, 0.29) is 21.2 Å². The molecule has 0 unspecified atom stereocenters. The number of aryl methyl sites for hydroxylation is 1. The Morgan fingerprint density at radius 3 is 2.52 bits per heavy atom. The highest BCUT2D eigenvalue weighted by Crippen LogP contribution is 2.22. The van der Waals surface area contributed by atoms with Gasteiger partial charge in [0.1, 0.15) is 11.0 Å². The van der Waals surface area contributed by atoms with Crippen molar-refractivity contribution in [2.24, 2.45) is 0 Å². The van der Waals surface area contributed by atoms with Gasteiger partial charge in [0, 0.05) is 11.8 Å². The smallest absolute Gasteiger partial charge is 0.263 e. The maximum absolute atomic E-state index is 12.3. The molecule has 0 aliphatic heterocycles. The number of rotatable bonds is 4. The minimum Gasteiger partial charge on any atom is -0.398 e. The molecule has 21 heavy (non-hydrogen) atoms. The molecule has 0 spiro atoms. The SMILES string of the molecule is CCc1ccc(S(=O)(=O)Nc2cc(Cl)nc(Cl)n2)cc1N. The van der Waals surface area contributed by atoms with Crippen LogP contribution in [-0.2, 0) is 16.4 Å². The summed E-state index contributed by atoms with van der Waals surface area (Å²) < 4.78 is 26.8. The van der Waals surface area contributed by atoms with E-state index in [2.05, 4.69) is 14.7 Å². The summed E-state index contributed by atoms with van der Waals surface area (Å²) in [6.45, 7) is 1.93. The number of nitrogens with two attached hydrogens (primary N) is 1. The highest BCUT2D eigenvalue weighted by Gasteiger charge is 2.17. The summed E-state index contributed by atoms with van der Waals surface area (Å²) in [5.41, 5.74) is 7.10. The van der Waals surface area contributed by atoms with Crippen molar-refractivity contribution in [3.63, 3.8) is 0 Å². The molecule has 1 aromatic heterocycles. The quantitative estimate of drug-likeness (QED) is 0.503. The fraction of sp³-hybridized carbons (Fsp3) is 0.167. The third-order valence-corrected chi connectivity index (χ3v) is 4.43. The van der Waals surface area contributed by atoms with Crippen LogP contribution in [0.1, 0.15) is 12.5 Å². The van der Waals surface area contributed by atoms with Gasteiger partial charge in [-0.05, 0) is 35.7 Å². The molecule has 2 aromatic rings. The van der Waals surface area contributed by atoms with Crippen LogP contribution in [0, 0.1) is 0 Å². The second kappa shape index (κ2) is 6.05. The number of aromatic nitrogens is 2. The lowest BCUT2D eigenvalue weighted by atomic mass is 10.1. The van der Waals surface area contributed by atoms with E-state index in [1.807, 2.05) is 6.92 Å². The van der Waals surface area contributed by atoms with Crippen LogP contribution in [0.2, 0.25) is 10.4 Å². The maximum Gasteiger partial charge on any atom is 0.263 e. The molecule has 2 rings (SSSR count). The first-order valence-electron chi connectivity index (χ1n) is 5.93. The fourth-order valence-corrected chi connectivity index (χ4v) is 3.14. The molecule has 0 aliphatic carbocycles. The predicted octanol–water partition coefficient (Wildman–Crippen LogP) is 2.73. The van der Waals surface area contributed by atoms with Gasteiger partial charge in [-0.15, -0.1) is 0 Å². The number of nitrogens with one attached hydrogen (secondary N) is 1. The van der Waals surface area contributed by atoms with Crippen molar-refractivity contribution in [1.82, 2.24) is 9.97 Å². The number of sulfonamides is 1. The monoisotopic (exact) mass is 346 g/mol. The normalized spacial score (nSPS) is 11.4. The van der Waals surface area contributed by atoms with E-state index in [0.717, 1.165) is 12.0 Å². The zero-order valence-electron chi connectivity index (χ0n) is 11.0. The van der Waals surface area contributed by atoms with Crippen LogP contribution in [0.15, 0.2) is 29.2 Å². The van der Waals surface area contributed by atoms with Crippen molar-refractivity contribution in [3.8, 4) is 0 Å². The summed E-state index contributed by atoms with van der Waals surface area (Å²) in [6, 6.07) is 5.80. The Morgan fingerprint density at radius 1 is 1.24 bits per heavy atom. The van der Waals surface area contributed by atoms with Gasteiger partial charge in [-0.1, -0.05) is 24.6 Å². The van der Waals surface area contributed by atoms with Crippen molar-refractivity contribution < 1.29 is 8.42 Å². The zero-order valence-corrected chi connectivity index (χ0v) is 13.3. The maximum atomic E-state index is 12.3. The molecule has 0 saturated heterocycles. The first-order chi connectivity index (χ1) is 9.81. The molecule has 0 amide bonds. The van der Waals surface area contributed by atoms with E-state index < -0.39 is 10.0 Å². The first kappa shape index (κ1) is 15.8. The third kappa shape index (κ3) is 3.75. The summed E-state index contributed by atoms with van der Waals surface area (Å²) in [6.07, 6.45) is 0.719. The van der Waals surface area contributed by atoms with Gasteiger partial charge in [0.25, 0.3) is 10.0 Å². The summed E-state index contributed by atoms with van der Waals surface area (Å²) in [5, 5.41) is -0.116. The van der Waals surface area contributed by atoms with Crippen molar-refractivity contribution in [3.05, 3.63) is 40.3 Å². The van der Waals surface area contributed by atoms with Crippen molar-refractivity contribution in [1.29, 1.82) is 0 Å². The van der Waals surface area contributed by atoms with Crippen LogP contribution in [0.4, 0.5) is 11.5 Å². The molecular weight excluding hydrogens is 335 g/mol. The van der Waals surface area contributed by atoms with Crippen LogP contribution < -0.4 is 10.5 Å². The van der Waals surface area contributed by atoms with Crippen LogP contribution >= 0.6 is 23.2 Å². The summed E-state index contributed by atoms with van der Waals surface area (Å²) in [7, 11) is -3.83. The largest absolute Gasteiger partial charge is 0.398 e. The molecule has 1 aromatic carbocycles. The third-order valence-electron chi connectivity index (χ3n) is 2.72. The average Bonchev–Trinajstić information content (AvgIpc) is 2.36. The minimum absolute atomic E-state index is 0.0156. The van der Waals surface area contributed by atoms with E-state index in [4.69, 9.17) is 28.9 Å². The van der Waals surface area contributed by atoms with Gasteiger partial charge in [0.15, 0.2) is 0 Å². The van der Waals surface area contributed by atoms with E-state index in [9.17, 15) is 8.42 Å². The molecule has 0 bridgehead atoms. The summed E-state index contributed by atoms with van der Waals surface area (Å²) >= 11 is 11.3. The molecule has 0 atom stereocenters. The zero-order chi connectivity index (χ0) is 15.6. The number of hydrogen-bond donors (Lipinski definition) is 2. The molecule has 112 valence electrons. The van der Waals surface area contributed by atoms with Crippen molar-refractivity contribution in [2.45, 2.75) is 18.2 Å². The molecule has 0 saturated carbocycles. The average molecular weight is 347 g/mol. The number of nitrogen functional groups attached to an aromatic ring is 1. The highest BCUT2D eigenvalue weighted by atomic mass is 35.5. The molecule has 1 heterocycles. The summed E-state index contributed by atoms with van der Waals surface area (Å²) in [4.78, 5) is 7.42. The fourth-order valence-electron chi connectivity index (χ4n) is 1.70. The molecule has 0 fully saturated rings. The van der Waals surface area contributed by atoms with Gasteiger partial charge in [-0.3, -0.25) is 4.72 Å². The summed E-state index contributed by atoms with van der Waals surface area (Å²) in [5.74, 6) is -0.0156. The Kier molecular flexibility index (Phi) is 4.55.